The van der Waals surface area contributed by atoms with E-state index in [1.54, 1.807) is 0 Å². The van der Waals surface area contributed by atoms with Crippen LogP contribution in [-0.4, -0.2) is 54.9 Å². The molecule has 4 aromatic carbocycles. The number of halogens is 3. The molecule has 0 bridgehead atoms. The van der Waals surface area contributed by atoms with Gasteiger partial charge < -0.3 is 10.2 Å². The maximum atomic E-state index is 12.3. The lowest BCUT2D eigenvalue weighted by molar-refractivity contribution is 0.101. The first-order chi connectivity index (χ1) is 21.1. The molecule has 0 aromatic heterocycles. The number of phenols is 2. The number of hydrogen-bond acceptors (Lipinski definition) is 13. The first kappa shape index (κ1) is 35.1. The molecule has 0 saturated carbocycles. The zero-order valence-electron chi connectivity index (χ0n) is 22.3. The van der Waals surface area contributed by atoms with Gasteiger partial charge >= 0.3 is 0 Å². The Labute approximate surface area is 273 Å². The fourth-order valence-electron chi connectivity index (χ4n) is 3.90. The number of hydrogen-bond donors (Lipinski definition) is 5. The number of phenolic OH excluding ortho intramolecular Hbond substituents is 2. The minimum Gasteiger partial charge on any atom is -0.505 e. The molecular formula is C24H15Cl3N4O12S3. The third kappa shape index (κ3) is 7.12. The van der Waals surface area contributed by atoms with E-state index in [2.05, 4.69) is 20.5 Å². The summed E-state index contributed by atoms with van der Waals surface area (Å²) in [5.41, 5.74) is -3.22. The largest absolute Gasteiger partial charge is 0.505 e. The second-order valence-corrected chi connectivity index (χ2v) is 14.4. The first-order valence-electron chi connectivity index (χ1n) is 11.7. The summed E-state index contributed by atoms with van der Waals surface area (Å²) < 4.78 is 102. The number of carbonyl (C=O) groups is 1. The first-order valence-corrected chi connectivity index (χ1v) is 17.2. The molecule has 16 nitrogen and oxygen atoms in total. The van der Waals surface area contributed by atoms with Crippen LogP contribution in [0.1, 0.15) is 17.3 Å². The third-order valence-electron chi connectivity index (χ3n) is 5.94. The Balaban J connectivity index is 2.06. The Morgan fingerprint density at radius 1 is 0.630 bits per heavy atom. The molecule has 46 heavy (non-hydrogen) atoms. The molecule has 5 N–H and O–H groups in total. The van der Waals surface area contributed by atoms with Gasteiger partial charge in [0.1, 0.15) is 37.4 Å². The molecule has 0 fully saturated rings. The predicted molar refractivity (Wildman–Crippen MR) is 163 cm³/mol. The summed E-state index contributed by atoms with van der Waals surface area (Å²) in [6, 6.07) is 6.25. The van der Waals surface area contributed by atoms with E-state index in [1.165, 1.54) is 12.1 Å². The molecule has 0 unspecified atom stereocenters. The monoisotopic (exact) mass is 752 g/mol. The van der Waals surface area contributed by atoms with Gasteiger partial charge in [-0.05, 0) is 54.8 Å². The van der Waals surface area contributed by atoms with Crippen molar-refractivity contribution in [2.45, 2.75) is 21.6 Å². The van der Waals surface area contributed by atoms with Crippen molar-refractivity contribution in [2.24, 2.45) is 20.5 Å². The normalized spacial score (nSPS) is 12.8. The number of ketones is 1. The molecule has 0 radical (unpaired) electrons. The van der Waals surface area contributed by atoms with Gasteiger partial charge in [-0.3, -0.25) is 18.5 Å². The van der Waals surface area contributed by atoms with E-state index < -0.39 is 90.2 Å². The van der Waals surface area contributed by atoms with E-state index in [1.807, 2.05) is 0 Å². The van der Waals surface area contributed by atoms with E-state index in [-0.39, 0.29) is 26.3 Å². The Morgan fingerprint density at radius 2 is 1.07 bits per heavy atom. The zero-order chi connectivity index (χ0) is 34.5. The molecule has 0 spiro atoms. The molecule has 0 aliphatic heterocycles. The fraction of sp³-hybridized carbons (Fsp3) is 0.0417. The maximum Gasteiger partial charge on any atom is 0.296 e. The Kier molecular flexibility index (Phi) is 9.48. The van der Waals surface area contributed by atoms with E-state index in [4.69, 9.17) is 34.8 Å². The highest BCUT2D eigenvalue weighted by molar-refractivity contribution is 7.86. The van der Waals surface area contributed by atoms with Gasteiger partial charge in [-0.1, -0.05) is 34.8 Å². The number of Topliss-reactive ketones (excluding diaryl/α,β-unsaturated/α-hetero) is 1. The summed E-state index contributed by atoms with van der Waals surface area (Å²) in [6.07, 6.45) is 0. The molecule has 4 rings (SSSR count). The molecule has 0 aliphatic rings. The van der Waals surface area contributed by atoms with Crippen LogP contribution in [0.3, 0.4) is 0 Å². The average molecular weight is 754 g/mol. The third-order valence-corrected chi connectivity index (χ3v) is 9.35. The summed E-state index contributed by atoms with van der Waals surface area (Å²) in [5.74, 6) is -3.10. The smallest absolute Gasteiger partial charge is 0.296 e. The maximum absolute atomic E-state index is 12.3. The molecule has 0 aliphatic carbocycles. The lowest BCUT2D eigenvalue weighted by Crippen LogP contribution is -2.02. The van der Waals surface area contributed by atoms with Crippen LogP contribution in [0.25, 0.3) is 10.8 Å². The number of azo groups is 2. The van der Waals surface area contributed by atoms with E-state index in [9.17, 15) is 53.9 Å². The fourth-order valence-corrected chi connectivity index (χ4v) is 6.76. The van der Waals surface area contributed by atoms with Crippen molar-refractivity contribution in [1.29, 1.82) is 0 Å². The second-order valence-electron chi connectivity index (χ2n) is 9.02. The summed E-state index contributed by atoms with van der Waals surface area (Å²) in [7, 11) is -15.7. The quantitative estimate of drug-likeness (QED) is 0.0692. The van der Waals surface area contributed by atoms with Crippen molar-refractivity contribution in [2.75, 3.05) is 0 Å². The number of fused-ring (bicyclic) bond motifs is 1. The lowest BCUT2D eigenvalue weighted by Gasteiger charge is -2.13. The van der Waals surface area contributed by atoms with Gasteiger partial charge in [0.05, 0.1) is 15.4 Å². The van der Waals surface area contributed by atoms with Crippen LogP contribution in [0.5, 0.6) is 11.5 Å². The van der Waals surface area contributed by atoms with Crippen LogP contribution < -0.4 is 0 Å². The minimum absolute atomic E-state index is 0.0980. The number of rotatable bonds is 8. The molecule has 0 atom stereocenters. The van der Waals surface area contributed by atoms with E-state index in [0.29, 0.717) is 12.1 Å². The summed E-state index contributed by atoms with van der Waals surface area (Å²) in [5, 5.41) is 34.9. The highest BCUT2D eigenvalue weighted by Gasteiger charge is 2.29. The van der Waals surface area contributed by atoms with Crippen LogP contribution in [0.4, 0.5) is 22.7 Å². The summed E-state index contributed by atoms with van der Waals surface area (Å²) in [6.45, 7) is 1.10. The Hall–Kier alpha value is -3.79. The van der Waals surface area contributed by atoms with E-state index in [0.717, 1.165) is 25.1 Å². The van der Waals surface area contributed by atoms with Gasteiger partial charge in [0, 0.05) is 10.6 Å². The molecule has 0 heterocycles. The van der Waals surface area contributed by atoms with Crippen molar-refractivity contribution >= 4 is 104 Å². The number of aromatic hydroxyl groups is 2. The van der Waals surface area contributed by atoms with Crippen molar-refractivity contribution < 1.29 is 53.9 Å². The Morgan fingerprint density at radius 3 is 1.50 bits per heavy atom. The lowest BCUT2D eigenvalue weighted by atomic mass is 10.1. The van der Waals surface area contributed by atoms with Crippen molar-refractivity contribution in [1.82, 2.24) is 0 Å². The minimum atomic E-state index is -5.34. The van der Waals surface area contributed by atoms with Crippen LogP contribution in [0.15, 0.2) is 77.6 Å². The molecular weight excluding hydrogens is 739 g/mol. The van der Waals surface area contributed by atoms with Crippen molar-refractivity contribution in [3.05, 3.63) is 63.1 Å². The zero-order valence-corrected chi connectivity index (χ0v) is 27.0. The van der Waals surface area contributed by atoms with Gasteiger partial charge in [-0.25, -0.2) is 0 Å². The topological polar surface area (TPSA) is 270 Å². The highest BCUT2D eigenvalue weighted by atomic mass is 35.5. The standard InChI is InChI=1S/C24H15Cl3N4O12S3/c1-9(32)10-2-3-15(16(4-10)44(35,36)37)28-30-21-17(45(38,39)40)5-11-6-18(46(41,42)43)22(24(34)19(11)23(21)33)31-29-20-13(26)7-12(25)8-14(20)27/h2-8,33-34H,1H3,(H,35,36,37)(H,38,39,40)(H,41,42,43). The molecule has 0 amide bonds. The van der Waals surface area contributed by atoms with Gasteiger partial charge in [-0.15, -0.1) is 20.5 Å². The van der Waals surface area contributed by atoms with Crippen LogP contribution >= 0.6 is 34.8 Å². The summed E-state index contributed by atoms with van der Waals surface area (Å²) >= 11 is 18.0. The Bertz CT molecular complexity index is 2360. The van der Waals surface area contributed by atoms with Crippen LogP contribution in [0, 0.1) is 0 Å². The molecule has 0 saturated heterocycles. The van der Waals surface area contributed by atoms with Gasteiger partial charge in [0.2, 0.25) is 0 Å². The van der Waals surface area contributed by atoms with Crippen LogP contribution in [-0.2, 0) is 30.4 Å². The number of nitrogens with zero attached hydrogens (tertiary/aromatic N) is 4. The molecule has 242 valence electrons. The molecule has 22 heteroatoms. The average Bonchev–Trinajstić information content (AvgIpc) is 2.90. The van der Waals surface area contributed by atoms with E-state index >= 15 is 0 Å². The van der Waals surface area contributed by atoms with Gasteiger partial charge in [0.15, 0.2) is 17.3 Å². The summed E-state index contributed by atoms with van der Waals surface area (Å²) in [4.78, 5) is 8.36. The second kappa shape index (κ2) is 12.4. The van der Waals surface area contributed by atoms with Gasteiger partial charge in [0.25, 0.3) is 30.4 Å². The van der Waals surface area contributed by atoms with Crippen LogP contribution in [0.2, 0.25) is 15.1 Å². The number of carbonyl (C=O) groups excluding carboxylic acids is 1. The van der Waals surface area contributed by atoms with Gasteiger partial charge in [-0.2, -0.15) is 25.3 Å². The van der Waals surface area contributed by atoms with Crippen molar-refractivity contribution in [3.63, 3.8) is 0 Å². The van der Waals surface area contributed by atoms with Crippen molar-refractivity contribution in [3.8, 4) is 11.5 Å². The number of benzene rings is 4. The SMILES string of the molecule is CC(=O)c1ccc(N=Nc2c(S(=O)(=O)O)cc3cc(S(=O)(=O)O)c(N=Nc4c(Cl)cc(Cl)cc4Cl)c(O)c3c2O)c(S(=O)(=O)O)c1. The molecule has 4 aromatic rings. The predicted octanol–water partition coefficient (Wildman–Crippen LogP) is 6.98. The highest BCUT2D eigenvalue weighted by Crippen LogP contribution is 2.50.